The number of benzene rings is 1. The van der Waals surface area contributed by atoms with Crippen molar-refractivity contribution in [2.24, 2.45) is 0 Å². The van der Waals surface area contributed by atoms with E-state index in [0.717, 1.165) is 48.0 Å². The Morgan fingerprint density at radius 2 is 1.89 bits per heavy atom. The number of nitrogens with one attached hydrogen (secondary N) is 1. The molecule has 1 N–H and O–H groups in total. The summed E-state index contributed by atoms with van der Waals surface area (Å²) in [5.74, 6) is 1.55. The van der Waals surface area contributed by atoms with Crippen LogP contribution >= 0.6 is 36.2 Å². The summed E-state index contributed by atoms with van der Waals surface area (Å²) < 4.78 is 11.2. The Hall–Kier alpha value is -1.54. The van der Waals surface area contributed by atoms with E-state index < -0.39 is 0 Å². The summed E-state index contributed by atoms with van der Waals surface area (Å²) in [7, 11) is 0. The molecule has 9 heteroatoms. The number of aromatic nitrogens is 1. The average Bonchev–Trinajstić information content (AvgIpc) is 3.27. The zero-order valence-corrected chi connectivity index (χ0v) is 17.7. The number of ether oxygens (including phenoxy) is 2. The lowest BCUT2D eigenvalue weighted by Gasteiger charge is -2.23. The van der Waals surface area contributed by atoms with Gasteiger partial charge in [0.1, 0.15) is 23.9 Å². The quantitative estimate of drug-likeness (QED) is 0.770. The highest BCUT2D eigenvalue weighted by Gasteiger charge is 2.32. The molecule has 152 valence electrons. The molecule has 2 bridgehead atoms. The normalized spacial score (nSPS) is 22.6. The summed E-state index contributed by atoms with van der Waals surface area (Å²) >= 11 is 1.50. The number of hydrogen-bond donors (Lipinski definition) is 1. The minimum atomic E-state index is 0. The van der Waals surface area contributed by atoms with Gasteiger partial charge in [-0.05, 0) is 37.5 Å². The molecule has 2 unspecified atom stereocenters. The Morgan fingerprint density at radius 1 is 1.11 bits per heavy atom. The van der Waals surface area contributed by atoms with Gasteiger partial charge in [-0.15, -0.1) is 36.2 Å². The molecule has 4 heterocycles. The zero-order chi connectivity index (χ0) is 17.5. The fraction of sp³-hybridized carbons (Fsp3) is 0.474. The molecule has 0 aliphatic carbocycles. The first kappa shape index (κ1) is 21.2. The van der Waals surface area contributed by atoms with Crippen LogP contribution in [0.3, 0.4) is 0 Å². The summed E-state index contributed by atoms with van der Waals surface area (Å²) in [5, 5.41) is 6.31. The minimum absolute atomic E-state index is 0. The lowest BCUT2D eigenvalue weighted by molar-refractivity contribution is 0.0743. The number of fused-ring (bicyclic) bond motifs is 3. The highest BCUT2D eigenvalue weighted by molar-refractivity contribution is 7.13. The highest BCUT2D eigenvalue weighted by Crippen LogP contribution is 2.35. The first-order chi connectivity index (χ1) is 12.8. The molecular formula is C19H23Cl2N3O3S. The predicted octanol–water partition coefficient (Wildman–Crippen LogP) is 3.39. The van der Waals surface area contributed by atoms with Gasteiger partial charge in [-0.2, -0.15) is 0 Å². The van der Waals surface area contributed by atoms with Gasteiger partial charge in [-0.25, -0.2) is 4.98 Å². The van der Waals surface area contributed by atoms with Gasteiger partial charge in [-0.3, -0.25) is 4.79 Å². The van der Waals surface area contributed by atoms with Crippen molar-refractivity contribution in [3.8, 4) is 22.1 Å². The summed E-state index contributed by atoms with van der Waals surface area (Å²) in [6.07, 6.45) is 3.42. The molecule has 1 amide bonds. The van der Waals surface area contributed by atoms with Crippen LogP contribution in [0.15, 0.2) is 23.6 Å². The predicted molar refractivity (Wildman–Crippen MR) is 114 cm³/mol. The maximum atomic E-state index is 12.9. The monoisotopic (exact) mass is 443 g/mol. The van der Waals surface area contributed by atoms with Crippen LogP contribution in [0.5, 0.6) is 11.5 Å². The van der Waals surface area contributed by atoms with Crippen LogP contribution < -0.4 is 14.8 Å². The second kappa shape index (κ2) is 8.86. The first-order valence-electron chi connectivity index (χ1n) is 9.17. The lowest BCUT2D eigenvalue weighted by Crippen LogP contribution is -2.39. The smallest absolute Gasteiger partial charge is 0.273 e. The van der Waals surface area contributed by atoms with Crippen LogP contribution in [0, 0.1) is 0 Å². The Balaban J connectivity index is 0.00000112. The highest BCUT2D eigenvalue weighted by atomic mass is 35.5. The summed E-state index contributed by atoms with van der Waals surface area (Å²) in [4.78, 5) is 19.5. The molecule has 1 aromatic carbocycles. The largest absolute Gasteiger partial charge is 0.486 e. The summed E-state index contributed by atoms with van der Waals surface area (Å²) in [6.45, 7) is 2.73. The molecule has 6 nitrogen and oxygen atoms in total. The number of carbonyl (C=O) groups excluding carboxylic acids is 1. The van der Waals surface area contributed by atoms with E-state index >= 15 is 0 Å². The van der Waals surface area contributed by atoms with Crippen molar-refractivity contribution in [2.75, 3.05) is 26.3 Å². The number of nitrogens with zero attached hydrogens (tertiary/aromatic N) is 2. The van der Waals surface area contributed by atoms with Crippen LogP contribution in [0.2, 0.25) is 0 Å². The van der Waals surface area contributed by atoms with Gasteiger partial charge in [0.2, 0.25) is 0 Å². The molecule has 5 rings (SSSR count). The fourth-order valence-electron chi connectivity index (χ4n) is 3.97. The van der Waals surface area contributed by atoms with Crippen LogP contribution in [-0.4, -0.2) is 54.2 Å². The molecule has 1 aromatic heterocycles. The number of thiazole rings is 1. The van der Waals surface area contributed by atoms with E-state index in [1.165, 1.54) is 17.8 Å². The maximum absolute atomic E-state index is 12.9. The Kier molecular flexibility index (Phi) is 6.70. The van der Waals surface area contributed by atoms with Gasteiger partial charge in [0.25, 0.3) is 5.91 Å². The van der Waals surface area contributed by atoms with E-state index in [1.54, 1.807) is 0 Å². The molecule has 3 aliphatic heterocycles. The minimum Gasteiger partial charge on any atom is -0.486 e. The molecule has 0 spiro atoms. The van der Waals surface area contributed by atoms with Crippen molar-refractivity contribution in [1.82, 2.24) is 15.2 Å². The summed E-state index contributed by atoms with van der Waals surface area (Å²) in [5.41, 5.74) is 1.49. The van der Waals surface area contributed by atoms with Gasteiger partial charge in [-0.1, -0.05) is 0 Å². The Labute approximate surface area is 180 Å². The van der Waals surface area contributed by atoms with Crippen molar-refractivity contribution in [3.05, 3.63) is 29.3 Å². The fourth-order valence-corrected chi connectivity index (χ4v) is 4.76. The van der Waals surface area contributed by atoms with E-state index in [4.69, 9.17) is 9.47 Å². The molecule has 3 aliphatic rings. The third kappa shape index (κ3) is 4.08. The van der Waals surface area contributed by atoms with E-state index in [9.17, 15) is 4.79 Å². The molecular weight excluding hydrogens is 421 g/mol. The van der Waals surface area contributed by atoms with Crippen LogP contribution in [0.1, 0.15) is 29.8 Å². The maximum Gasteiger partial charge on any atom is 0.273 e. The van der Waals surface area contributed by atoms with E-state index in [0.29, 0.717) is 31.0 Å². The van der Waals surface area contributed by atoms with E-state index in [-0.39, 0.29) is 30.7 Å². The Bertz CT molecular complexity index is 848. The van der Waals surface area contributed by atoms with Crippen molar-refractivity contribution in [3.63, 3.8) is 0 Å². The van der Waals surface area contributed by atoms with Crippen molar-refractivity contribution in [1.29, 1.82) is 0 Å². The van der Waals surface area contributed by atoms with Crippen LogP contribution in [0.25, 0.3) is 10.6 Å². The van der Waals surface area contributed by atoms with Gasteiger partial charge < -0.3 is 19.7 Å². The molecule has 0 saturated carbocycles. The number of carbonyl (C=O) groups is 1. The lowest BCUT2D eigenvalue weighted by atomic mass is 10.1. The van der Waals surface area contributed by atoms with Gasteiger partial charge in [0.15, 0.2) is 11.5 Å². The van der Waals surface area contributed by atoms with E-state index in [1.807, 2.05) is 28.5 Å². The third-order valence-corrected chi connectivity index (χ3v) is 6.21. The number of halogens is 2. The zero-order valence-electron chi connectivity index (χ0n) is 15.3. The van der Waals surface area contributed by atoms with Crippen LogP contribution in [-0.2, 0) is 0 Å². The number of amides is 1. The second-order valence-corrected chi connectivity index (χ2v) is 7.93. The van der Waals surface area contributed by atoms with Gasteiger partial charge in [0, 0.05) is 36.1 Å². The molecule has 2 fully saturated rings. The van der Waals surface area contributed by atoms with Crippen LogP contribution in [0.4, 0.5) is 0 Å². The van der Waals surface area contributed by atoms with Crippen molar-refractivity contribution < 1.29 is 14.3 Å². The summed E-state index contributed by atoms with van der Waals surface area (Å²) in [6, 6.07) is 6.82. The first-order valence-corrected chi connectivity index (χ1v) is 10.0. The third-order valence-electron chi connectivity index (χ3n) is 5.32. The van der Waals surface area contributed by atoms with E-state index in [2.05, 4.69) is 10.3 Å². The van der Waals surface area contributed by atoms with Gasteiger partial charge in [0.05, 0.1) is 0 Å². The van der Waals surface area contributed by atoms with Gasteiger partial charge >= 0.3 is 0 Å². The number of likely N-dealkylation sites (tertiary alicyclic amines) is 1. The van der Waals surface area contributed by atoms with Crippen molar-refractivity contribution in [2.45, 2.75) is 31.3 Å². The standard InChI is InChI=1S/C19H21N3O3S.2ClH/c23-19(22-6-5-13-2-3-14(10-22)20-13)15-11-26-18(21-15)12-1-4-16-17(9-12)25-8-7-24-16;;/h1,4,9,11,13-14,20H,2-3,5-8,10H2;2*1H. The topological polar surface area (TPSA) is 63.7 Å². The number of hydrogen-bond acceptors (Lipinski definition) is 6. The van der Waals surface area contributed by atoms with Crippen molar-refractivity contribution >= 4 is 42.1 Å². The molecule has 0 radical (unpaired) electrons. The molecule has 2 atom stereocenters. The number of rotatable bonds is 2. The molecule has 28 heavy (non-hydrogen) atoms. The molecule has 2 aromatic rings. The SMILES string of the molecule is Cl.Cl.O=C(c1csc(-c2ccc3c(c2)OCCO3)n1)N1CCC2CCC(C1)N2. The second-order valence-electron chi connectivity index (χ2n) is 7.07. The Morgan fingerprint density at radius 3 is 2.75 bits per heavy atom. The average molecular weight is 444 g/mol. The molecule has 2 saturated heterocycles.